The van der Waals surface area contributed by atoms with Crippen LogP contribution in [0.5, 0.6) is 0 Å². The maximum absolute atomic E-state index is 12.2. The monoisotopic (exact) mass is 317 g/mol. The Hall–Kier alpha value is -1.69. The summed E-state index contributed by atoms with van der Waals surface area (Å²) >= 11 is 0. The molecule has 6 nitrogen and oxygen atoms in total. The van der Waals surface area contributed by atoms with E-state index < -0.39 is 0 Å². The standard InChI is InChI=1S/C17H27N5O/c1-20(2)11-12-22-14-17(4-3-16(22)23)5-9-21(10-6-17)15-13-18-7-8-19-15/h7-8,13H,3-6,9-12,14H2,1-2H3. The molecular weight excluding hydrogens is 290 g/mol. The summed E-state index contributed by atoms with van der Waals surface area (Å²) in [6.07, 6.45) is 9.32. The van der Waals surface area contributed by atoms with E-state index >= 15 is 0 Å². The van der Waals surface area contributed by atoms with Crippen LogP contribution in [0.2, 0.25) is 0 Å². The number of likely N-dealkylation sites (tertiary alicyclic amines) is 1. The molecule has 0 radical (unpaired) electrons. The Morgan fingerprint density at radius 3 is 2.65 bits per heavy atom. The second kappa shape index (κ2) is 6.83. The minimum atomic E-state index is 0.304. The second-order valence-corrected chi connectivity index (χ2v) is 7.17. The molecule has 6 heteroatoms. The number of nitrogens with zero attached hydrogens (tertiary/aromatic N) is 5. The van der Waals surface area contributed by atoms with Gasteiger partial charge in [0.15, 0.2) is 0 Å². The first-order chi connectivity index (χ1) is 11.1. The summed E-state index contributed by atoms with van der Waals surface area (Å²) in [7, 11) is 4.12. The molecule has 126 valence electrons. The van der Waals surface area contributed by atoms with Gasteiger partial charge in [0.2, 0.25) is 5.91 Å². The highest BCUT2D eigenvalue weighted by atomic mass is 16.2. The van der Waals surface area contributed by atoms with Crippen molar-refractivity contribution in [1.29, 1.82) is 0 Å². The SMILES string of the molecule is CN(C)CCN1CC2(CCC1=O)CCN(c1cnccn1)CC2. The first-order valence-electron chi connectivity index (χ1n) is 8.51. The highest BCUT2D eigenvalue weighted by Gasteiger charge is 2.41. The van der Waals surface area contributed by atoms with Crippen LogP contribution >= 0.6 is 0 Å². The number of anilines is 1. The lowest BCUT2D eigenvalue weighted by Gasteiger charge is -2.47. The third kappa shape index (κ3) is 3.80. The van der Waals surface area contributed by atoms with Crippen molar-refractivity contribution in [2.24, 2.45) is 5.41 Å². The number of piperidine rings is 2. The Morgan fingerprint density at radius 1 is 1.22 bits per heavy atom. The van der Waals surface area contributed by atoms with E-state index in [-0.39, 0.29) is 0 Å². The lowest BCUT2D eigenvalue weighted by atomic mass is 9.72. The number of carbonyl (C=O) groups excluding carboxylic acids is 1. The smallest absolute Gasteiger partial charge is 0.222 e. The highest BCUT2D eigenvalue weighted by molar-refractivity contribution is 5.77. The molecule has 0 saturated carbocycles. The van der Waals surface area contributed by atoms with Gasteiger partial charge in [0, 0.05) is 51.5 Å². The average Bonchev–Trinajstić information content (AvgIpc) is 2.57. The Morgan fingerprint density at radius 2 is 2.00 bits per heavy atom. The van der Waals surface area contributed by atoms with Gasteiger partial charge in [-0.2, -0.15) is 0 Å². The lowest BCUT2D eigenvalue weighted by molar-refractivity contribution is -0.138. The molecule has 0 N–H and O–H groups in total. The second-order valence-electron chi connectivity index (χ2n) is 7.17. The molecular formula is C17H27N5O. The van der Waals surface area contributed by atoms with E-state index in [1.54, 1.807) is 12.4 Å². The quantitative estimate of drug-likeness (QED) is 0.836. The number of carbonyl (C=O) groups is 1. The molecule has 23 heavy (non-hydrogen) atoms. The van der Waals surface area contributed by atoms with Gasteiger partial charge in [0.05, 0.1) is 6.20 Å². The summed E-state index contributed by atoms with van der Waals surface area (Å²) < 4.78 is 0. The van der Waals surface area contributed by atoms with Gasteiger partial charge in [-0.15, -0.1) is 0 Å². The van der Waals surface area contributed by atoms with Crippen molar-refractivity contribution >= 4 is 11.7 Å². The maximum atomic E-state index is 12.2. The molecule has 2 fully saturated rings. The lowest BCUT2D eigenvalue weighted by Crippen LogP contribution is -2.52. The zero-order chi connectivity index (χ0) is 16.3. The molecule has 1 aromatic heterocycles. The number of hydrogen-bond donors (Lipinski definition) is 0. The number of hydrogen-bond acceptors (Lipinski definition) is 5. The number of likely N-dealkylation sites (N-methyl/N-ethyl adjacent to an activating group) is 1. The van der Waals surface area contributed by atoms with Gasteiger partial charge in [0.1, 0.15) is 5.82 Å². The van der Waals surface area contributed by atoms with Crippen LogP contribution < -0.4 is 4.90 Å². The molecule has 1 aromatic rings. The van der Waals surface area contributed by atoms with Gasteiger partial charge in [-0.3, -0.25) is 9.78 Å². The summed E-state index contributed by atoms with van der Waals surface area (Å²) in [6.45, 7) is 4.73. The van der Waals surface area contributed by atoms with E-state index in [1.165, 1.54) is 0 Å². The summed E-state index contributed by atoms with van der Waals surface area (Å²) in [5.41, 5.74) is 0.304. The Bertz CT molecular complexity index is 525. The molecule has 0 aliphatic carbocycles. The third-order valence-corrected chi connectivity index (χ3v) is 5.26. The van der Waals surface area contributed by atoms with E-state index in [0.29, 0.717) is 17.7 Å². The predicted molar refractivity (Wildman–Crippen MR) is 90.3 cm³/mol. The predicted octanol–water partition coefficient (Wildman–Crippen LogP) is 1.25. The van der Waals surface area contributed by atoms with Crippen molar-refractivity contribution in [1.82, 2.24) is 19.8 Å². The summed E-state index contributed by atoms with van der Waals surface area (Å²) in [5.74, 6) is 1.30. The maximum Gasteiger partial charge on any atom is 0.222 e. The Kier molecular flexibility index (Phi) is 4.80. The van der Waals surface area contributed by atoms with Gasteiger partial charge in [-0.05, 0) is 38.8 Å². The van der Waals surface area contributed by atoms with Crippen molar-refractivity contribution < 1.29 is 4.79 Å². The van der Waals surface area contributed by atoms with Crippen LogP contribution in [0.1, 0.15) is 25.7 Å². The van der Waals surface area contributed by atoms with E-state index in [9.17, 15) is 4.79 Å². The molecule has 2 aliphatic rings. The van der Waals surface area contributed by atoms with Crippen molar-refractivity contribution in [3.63, 3.8) is 0 Å². The summed E-state index contributed by atoms with van der Waals surface area (Å²) in [6, 6.07) is 0. The van der Waals surface area contributed by atoms with Crippen molar-refractivity contribution in [3.8, 4) is 0 Å². The normalized spacial score (nSPS) is 21.3. The van der Waals surface area contributed by atoms with Gasteiger partial charge < -0.3 is 14.7 Å². The minimum absolute atomic E-state index is 0.304. The van der Waals surface area contributed by atoms with Crippen LogP contribution in [0.25, 0.3) is 0 Å². The van der Waals surface area contributed by atoms with Gasteiger partial charge >= 0.3 is 0 Å². The van der Waals surface area contributed by atoms with Crippen LogP contribution in [-0.4, -0.2) is 72.5 Å². The van der Waals surface area contributed by atoms with Gasteiger partial charge in [-0.25, -0.2) is 4.98 Å². The largest absolute Gasteiger partial charge is 0.355 e. The minimum Gasteiger partial charge on any atom is -0.355 e. The van der Waals surface area contributed by atoms with Crippen LogP contribution in [0, 0.1) is 5.41 Å². The first kappa shape index (κ1) is 16.2. The van der Waals surface area contributed by atoms with E-state index in [1.807, 2.05) is 6.20 Å². The molecule has 3 heterocycles. The fraction of sp³-hybridized carbons (Fsp3) is 0.706. The van der Waals surface area contributed by atoms with Crippen molar-refractivity contribution in [2.75, 3.05) is 51.7 Å². The fourth-order valence-electron chi connectivity index (χ4n) is 3.70. The van der Waals surface area contributed by atoms with E-state index in [0.717, 1.165) is 57.8 Å². The molecule has 0 atom stereocenters. The zero-order valence-electron chi connectivity index (χ0n) is 14.2. The molecule has 0 unspecified atom stereocenters. The number of amides is 1. The molecule has 0 bridgehead atoms. The van der Waals surface area contributed by atoms with Crippen molar-refractivity contribution in [2.45, 2.75) is 25.7 Å². The molecule has 2 aliphatic heterocycles. The summed E-state index contributed by atoms with van der Waals surface area (Å²) in [5, 5.41) is 0. The molecule has 0 aromatic carbocycles. The van der Waals surface area contributed by atoms with Gasteiger partial charge in [0.25, 0.3) is 0 Å². The first-order valence-corrected chi connectivity index (χ1v) is 8.51. The fourth-order valence-corrected chi connectivity index (χ4v) is 3.70. The van der Waals surface area contributed by atoms with Crippen LogP contribution in [0.15, 0.2) is 18.6 Å². The molecule has 1 amide bonds. The topological polar surface area (TPSA) is 52.6 Å². The van der Waals surface area contributed by atoms with Crippen LogP contribution in [-0.2, 0) is 4.79 Å². The average molecular weight is 317 g/mol. The molecule has 1 spiro atoms. The van der Waals surface area contributed by atoms with E-state index in [2.05, 4.69) is 38.8 Å². The van der Waals surface area contributed by atoms with Gasteiger partial charge in [-0.1, -0.05) is 0 Å². The zero-order valence-corrected chi connectivity index (χ0v) is 14.2. The van der Waals surface area contributed by atoms with Crippen molar-refractivity contribution in [3.05, 3.63) is 18.6 Å². The molecule has 3 rings (SSSR count). The number of aromatic nitrogens is 2. The van der Waals surface area contributed by atoms with Crippen LogP contribution in [0.3, 0.4) is 0 Å². The number of rotatable bonds is 4. The van der Waals surface area contributed by atoms with E-state index in [4.69, 9.17) is 0 Å². The Balaban J connectivity index is 1.59. The molecule has 2 saturated heterocycles. The third-order valence-electron chi connectivity index (χ3n) is 5.26. The van der Waals surface area contributed by atoms with Crippen LogP contribution in [0.4, 0.5) is 5.82 Å². The highest BCUT2D eigenvalue weighted by Crippen LogP contribution is 2.40. The summed E-state index contributed by atoms with van der Waals surface area (Å²) in [4.78, 5) is 27.3. The Labute approximate surface area is 138 Å².